The van der Waals surface area contributed by atoms with Crippen LogP contribution in [0.4, 0.5) is 5.69 Å². The van der Waals surface area contributed by atoms with Crippen molar-refractivity contribution in [3.05, 3.63) is 48.0 Å². The van der Waals surface area contributed by atoms with E-state index in [1.165, 1.54) is 0 Å². The first kappa shape index (κ1) is 15.2. The number of hydrogen-bond acceptors (Lipinski definition) is 5. The van der Waals surface area contributed by atoms with Gasteiger partial charge in [0.05, 0.1) is 30.8 Å². The molecule has 0 aliphatic carbocycles. The Morgan fingerprint density at radius 1 is 1.30 bits per heavy atom. The average molecular weight is 308 g/mol. The third-order valence-electron chi connectivity index (χ3n) is 3.88. The summed E-state index contributed by atoms with van der Waals surface area (Å²) in [6, 6.07) is 12.5. The fourth-order valence-corrected chi connectivity index (χ4v) is 2.57. The number of Topliss-reactive ketones (excluding diaryl/α,β-unsaturated/α-hetero) is 1. The lowest BCUT2D eigenvalue weighted by Gasteiger charge is -2.16. The van der Waals surface area contributed by atoms with Crippen LogP contribution >= 0.6 is 0 Å². The summed E-state index contributed by atoms with van der Waals surface area (Å²) in [5.74, 6) is 0.293. The van der Waals surface area contributed by atoms with Gasteiger partial charge >= 0.3 is 0 Å². The van der Waals surface area contributed by atoms with E-state index in [0.29, 0.717) is 12.1 Å². The Morgan fingerprint density at radius 3 is 2.74 bits per heavy atom. The van der Waals surface area contributed by atoms with Crippen LogP contribution in [-0.4, -0.2) is 38.6 Å². The molecule has 1 aliphatic rings. The molecule has 0 aromatic heterocycles. The summed E-state index contributed by atoms with van der Waals surface area (Å²) in [6.45, 7) is 0.457. The van der Waals surface area contributed by atoms with Gasteiger partial charge in [-0.05, 0) is 30.3 Å². The van der Waals surface area contributed by atoms with Crippen LogP contribution in [0.15, 0.2) is 47.6 Å². The smallest absolute Gasteiger partial charge is 0.176 e. The second kappa shape index (κ2) is 6.16. The number of ether oxygens (including phenoxy) is 1. The van der Waals surface area contributed by atoms with E-state index >= 15 is 0 Å². The van der Waals surface area contributed by atoms with Crippen LogP contribution in [-0.2, 0) is 0 Å². The molecule has 1 unspecified atom stereocenters. The normalized spacial score (nSPS) is 16.6. The largest absolute Gasteiger partial charge is 0.507 e. The minimum Gasteiger partial charge on any atom is -0.507 e. The Labute approximate surface area is 135 Å². The molecule has 23 heavy (non-hydrogen) atoms. The second-order valence-corrected chi connectivity index (χ2v) is 5.54. The zero-order valence-electron chi connectivity index (χ0n) is 13.1. The lowest BCUT2D eigenvalue weighted by Crippen LogP contribution is -2.24. The first-order valence-electron chi connectivity index (χ1n) is 7.38. The molecular weight excluding hydrogens is 291 g/mol. The third kappa shape index (κ3) is 3.06. The van der Waals surface area contributed by atoms with Gasteiger partial charge < -0.3 is 9.84 Å². The lowest BCUT2D eigenvalue weighted by atomic mass is 9.90. The molecule has 2 aromatic rings. The molecule has 116 valence electrons. The van der Waals surface area contributed by atoms with Gasteiger partial charge in [-0.2, -0.15) is 5.10 Å². The monoisotopic (exact) mass is 308 g/mol. The van der Waals surface area contributed by atoms with Crippen LogP contribution in [0.2, 0.25) is 0 Å². The summed E-state index contributed by atoms with van der Waals surface area (Å²) in [6.07, 6.45) is 1.63. The lowest BCUT2D eigenvalue weighted by molar-refractivity contribution is 0.0959. The number of benzene rings is 2. The number of nitrogens with zero attached hydrogens (tertiary/aromatic N) is 2. The molecule has 0 fully saturated rings. The summed E-state index contributed by atoms with van der Waals surface area (Å²) >= 11 is 0. The molecule has 1 heterocycles. The number of methoxy groups -OCH3 is 1. The molecule has 0 saturated heterocycles. The van der Waals surface area contributed by atoms with Gasteiger partial charge in [0.15, 0.2) is 5.78 Å². The number of rotatable bonds is 4. The predicted octanol–water partition coefficient (Wildman–Crippen LogP) is 0.964. The van der Waals surface area contributed by atoms with Gasteiger partial charge in [0.1, 0.15) is 19.3 Å². The van der Waals surface area contributed by atoms with Crippen molar-refractivity contribution in [3.63, 3.8) is 0 Å². The Balaban J connectivity index is 1.75. The van der Waals surface area contributed by atoms with E-state index in [-0.39, 0.29) is 17.5 Å². The summed E-state index contributed by atoms with van der Waals surface area (Å²) in [7, 11) is 3.51. The molecule has 0 spiro atoms. The number of aromatic hydroxyl groups is 1. The van der Waals surface area contributed by atoms with E-state index in [2.05, 4.69) is 5.10 Å². The van der Waals surface area contributed by atoms with E-state index < -0.39 is 0 Å². The Hall–Kier alpha value is -2.76. The number of phenolic OH excluding ortho intramolecular Hbond substituents is 1. The fraction of sp³-hybridized carbons (Fsp3) is 0.176. The number of ketones is 1. The van der Waals surface area contributed by atoms with Crippen molar-refractivity contribution in [2.75, 3.05) is 18.7 Å². The zero-order valence-corrected chi connectivity index (χ0v) is 13.1. The van der Waals surface area contributed by atoms with Crippen molar-refractivity contribution in [1.82, 2.24) is 0 Å². The number of carbonyl (C=O) groups is 1. The molecule has 1 atom stereocenters. The van der Waals surface area contributed by atoms with Crippen molar-refractivity contribution in [3.8, 4) is 11.5 Å². The highest BCUT2D eigenvalue weighted by atomic mass is 16.5. The Morgan fingerprint density at radius 2 is 2.04 bits per heavy atom. The summed E-state index contributed by atoms with van der Waals surface area (Å²) in [5.41, 5.74) is 2.18. The first-order valence-corrected chi connectivity index (χ1v) is 7.38. The molecule has 6 heteroatoms. The minimum atomic E-state index is -0.371. The standard InChI is InChI=1S/C17H17BN2O3/c1-23-14-5-3-13(4-6-14)20-10-11(9-19-20)17(22)15-8-12(18)2-7-16(15)21/h2-9,11,21H,10,18H2,1H3. The van der Waals surface area contributed by atoms with E-state index in [1.807, 2.05) is 32.1 Å². The zero-order chi connectivity index (χ0) is 16.4. The summed E-state index contributed by atoms with van der Waals surface area (Å²) in [4.78, 5) is 12.6. The van der Waals surface area contributed by atoms with E-state index in [0.717, 1.165) is 16.9 Å². The van der Waals surface area contributed by atoms with Crippen molar-refractivity contribution in [2.45, 2.75) is 0 Å². The van der Waals surface area contributed by atoms with Crippen molar-refractivity contribution >= 4 is 31.0 Å². The van der Waals surface area contributed by atoms with Crippen molar-refractivity contribution in [1.29, 1.82) is 0 Å². The number of carbonyl (C=O) groups excluding carboxylic acids is 1. The molecular formula is C17H17BN2O3. The maximum absolute atomic E-state index is 12.6. The molecule has 1 N–H and O–H groups in total. The number of anilines is 1. The molecule has 0 radical (unpaired) electrons. The highest BCUT2D eigenvalue weighted by Gasteiger charge is 2.27. The van der Waals surface area contributed by atoms with Crippen LogP contribution in [0.3, 0.4) is 0 Å². The van der Waals surface area contributed by atoms with Gasteiger partial charge in [-0.15, -0.1) is 0 Å². The van der Waals surface area contributed by atoms with Gasteiger partial charge in [-0.1, -0.05) is 17.6 Å². The van der Waals surface area contributed by atoms with E-state index in [1.54, 1.807) is 36.5 Å². The van der Waals surface area contributed by atoms with Gasteiger partial charge in [0.2, 0.25) is 0 Å². The first-order chi connectivity index (χ1) is 11.1. The van der Waals surface area contributed by atoms with Crippen LogP contribution in [0, 0.1) is 5.92 Å². The van der Waals surface area contributed by atoms with E-state index in [4.69, 9.17) is 4.74 Å². The SMILES string of the molecule is Bc1ccc(O)c(C(=O)C2C=NN(c3ccc(OC)cc3)C2)c1. The molecule has 1 aliphatic heterocycles. The molecule has 3 rings (SSSR count). The fourth-order valence-electron chi connectivity index (χ4n) is 2.57. The van der Waals surface area contributed by atoms with Crippen molar-refractivity contribution < 1.29 is 14.6 Å². The molecule has 0 bridgehead atoms. The van der Waals surface area contributed by atoms with Gasteiger partial charge in [0, 0.05) is 6.21 Å². The van der Waals surface area contributed by atoms with Crippen LogP contribution in [0.25, 0.3) is 0 Å². The van der Waals surface area contributed by atoms with E-state index in [9.17, 15) is 9.90 Å². The number of phenols is 1. The van der Waals surface area contributed by atoms with Crippen molar-refractivity contribution in [2.24, 2.45) is 11.0 Å². The molecule has 2 aromatic carbocycles. The average Bonchev–Trinajstić information content (AvgIpc) is 3.06. The molecule has 0 amide bonds. The second-order valence-electron chi connectivity index (χ2n) is 5.54. The number of hydrogen-bond donors (Lipinski definition) is 1. The maximum atomic E-state index is 12.6. The van der Waals surface area contributed by atoms with Crippen LogP contribution in [0.5, 0.6) is 11.5 Å². The predicted molar refractivity (Wildman–Crippen MR) is 92.9 cm³/mol. The topological polar surface area (TPSA) is 62.1 Å². The highest BCUT2D eigenvalue weighted by molar-refractivity contribution is 6.33. The van der Waals surface area contributed by atoms with Gasteiger partial charge in [0.25, 0.3) is 0 Å². The minimum absolute atomic E-state index is 0.0110. The summed E-state index contributed by atoms with van der Waals surface area (Å²) < 4.78 is 5.13. The van der Waals surface area contributed by atoms with Gasteiger partial charge in [-0.3, -0.25) is 9.80 Å². The highest BCUT2D eigenvalue weighted by Crippen LogP contribution is 2.25. The third-order valence-corrected chi connectivity index (χ3v) is 3.88. The quantitative estimate of drug-likeness (QED) is 0.675. The maximum Gasteiger partial charge on any atom is 0.176 e. The van der Waals surface area contributed by atoms with Gasteiger partial charge in [-0.25, -0.2) is 0 Å². The summed E-state index contributed by atoms with van der Waals surface area (Å²) in [5, 5.41) is 16.0. The number of hydrazone groups is 1. The van der Waals surface area contributed by atoms with Crippen LogP contribution < -0.4 is 15.2 Å². The Bertz CT molecular complexity index is 759. The van der Waals surface area contributed by atoms with Crippen LogP contribution in [0.1, 0.15) is 10.4 Å². The Kier molecular flexibility index (Phi) is 4.06. The molecule has 5 nitrogen and oxygen atoms in total. The molecule has 0 saturated carbocycles.